The smallest absolute Gasteiger partial charge is 0.370 e. The lowest BCUT2D eigenvalue weighted by molar-refractivity contribution is -0.144. The summed E-state index contributed by atoms with van der Waals surface area (Å²) >= 11 is 1.72. The first-order valence-corrected chi connectivity index (χ1v) is 8.06. The highest BCUT2D eigenvalue weighted by atomic mass is 32.2. The maximum Gasteiger partial charge on any atom is 0.451 e. The number of aromatic nitrogens is 2. The molecule has 0 amide bonds. The van der Waals surface area contributed by atoms with E-state index in [0.717, 1.165) is 17.9 Å². The van der Waals surface area contributed by atoms with E-state index in [1.807, 2.05) is 20.8 Å². The van der Waals surface area contributed by atoms with Crippen LogP contribution in [0.15, 0.2) is 6.07 Å². The average Bonchev–Trinajstić information content (AvgIpc) is 2.41. The van der Waals surface area contributed by atoms with Crippen LogP contribution in [0.2, 0.25) is 0 Å². The fourth-order valence-electron chi connectivity index (χ4n) is 1.58. The van der Waals surface area contributed by atoms with Gasteiger partial charge in [0.1, 0.15) is 11.6 Å². The van der Waals surface area contributed by atoms with Gasteiger partial charge in [0.15, 0.2) is 0 Å². The summed E-state index contributed by atoms with van der Waals surface area (Å²) in [5.41, 5.74) is 0. The van der Waals surface area contributed by atoms with E-state index in [4.69, 9.17) is 0 Å². The van der Waals surface area contributed by atoms with Gasteiger partial charge in [-0.1, -0.05) is 13.8 Å². The topological polar surface area (TPSA) is 49.8 Å². The minimum absolute atomic E-state index is 0.0324. The molecular weight excluding hydrogens is 301 g/mol. The van der Waals surface area contributed by atoms with E-state index in [9.17, 15) is 13.2 Å². The van der Waals surface area contributed by atoms with Crippen LogP contribution in [0.3, 0.4) is 0 Å². The number of hydrogen-bond donors (Lipinski definition) is 2. The lowest BCUT2D eigenvalue weighted by Gasteiger charge is -2.16. The summed E-state index contributed by atoms with van der Waals surface area (Å²) in [6.07, 6.45) is -3.75. The van der Waals surface area contributed by atoms with Crippen molar-refractivity contribution in [1.29, 1.82) is 0 Å². The van der Waals surface area contributed by atoms with E-state index < -0.39 is 12.0 Å². The fraction of sp³-hybridized carbons (Fsp3) is 0.692. The third-order valence-corrected chi connectivity index (χ3v) is 3.65. The van der Waals surface area contributed by atoms with E-state index in [0.29, 0.717) is 6.54 Å². The molecule has 0 radical (unpaired) electrons. The van der Waals surface area contributed by atoms with Gasteiger partial charge in [-0.25, -0.2) is 9.97 Å². The van der Waals surface area contributed by atoms with E-state index in [-0.39, 0.29) is 17.7 Å². The Bertz CT molecular complexity index is 440. The molecule has 1 aromatic heterocycles. The van der Waals surface area contributed by atoms with Crippen LogP contribution >= 0.6 is 11.8 Å². The molecular formula is C13H21F3N4S. The normalized spacial score (nSPS) is 13.0. The van der Waals surface area contributed by atoms with Crippen molar-refractivity contribution in [2.75, 3.05) is 28.7 Å². The minimum atomic E-state index is -4.55. The predicted molar refractivity (Wildman–Crippen MR) is 81.9 cm³/mol. The quantitative estimate of drug-likeness (QED) is 0.761. The Morgan fingerprint density at radius 1 is 1.24 bits per heavy atom. The molecule has 0 aliphatic heterocycles. The van der Waals surface area contributed by atoms with Crippen LogP contribution in [0.25, 0.3) is 0 Å². The Hall–Kier alpha value is -1.18. The second-order valence-corrected chi connectivity index (χ2v) is 5.91. The predicted octanol–water partition coefficient (Wildman–Crippen LogP) is 3.87. The van der Waals surface area contributed by atoms with Crippen LogP contribution in [0.4, 0.5) is 24.8 Å². The molecule has 0 aromatic carbocycles. The van der Waals surface area contributed by atoms with E-state index in [1.165, 1.54) is 6.07 Å². The number of hydrogen-bond acceptors (Lipinski definition) is 5. The van der Waals surface area contributed by atoms with Crippen molar-refractivity contribution in [3.63, 3.8) is 0 Å². The molecule has 120 valence electrons. The molecule has 0 saturated carbocycles. The lowest BCUT2D eigenvalue weighted by atomic mass is 10.3. The van der Waals surface area contributed by atoms with E-state index >= 15 is 0 Å². The first kappa shape index (κ1) is 17.9. The SMILES string of the molecule is CCCNc1cc(NC(C)CSCC)nc(C(F)(F)F)n1. The average molecular weight is 322 g/mol. The molecule has 4 nitrogen and oxygen atoms in total. The molecule has 1 heterocycles. The molecule has 0 aliphatic carbocycles. The maximum atomic E-state index is 12.8. The Kier molecular flexibility index (Phi) is 7.07. The summed E-state index contributed by atoms with van der Waals surface area (Å²) in [6, 6.07) is 1.54. The van der Waals surface area contributed by atoms with Crippen LogP contribution < -0.4 is 10.6 Å². The third-order valence-electron chi connectivity index (χ3n) is 2.50. The summed E-state index contributed by atoms with van der Waals surface area (Å²) in [5.74, 6) is 1.03. The van der Waals surface area contributed by atoms with Gasteiger partial charge in [-0.05, 0) is 19.1 Å². The van der Waals surface area contributed by atoms with Gasteiger partial charge in [0.2, 0.25) is 5.82 Å². The standard InChI is InChI=1S/C13H21F3N4S/c1-4-6-17-10-7-11(18-9(3)8-21-5-2)20-12(19-10)13(14,15)16/h7,9H,4-6,8H2,1-3H3,(H2,17,18,19,20). The first-order chi connectivity index (χ1) is 9.86. The van der Waals surface area contributed by atoms with Crippen LogP contribution in [0.1, 0.15) is 33.0 Å². The Morgan fingerprint density at radius 2 is 1.90 bits per heavy atom. The molecule has 2 N–H and O–H groups in total. The first-order valence-electron chi connectivity index (χ1n) is 6.91. The Labute approximate surface area is 127 Å². The molecule has 0 aliphatic rings. The summed E-state index contributed by atoms with van der Waals surface area (Å²) in [7, 11) is 0. The van der Waals surface area contributed by atoms with Gasteiger partial charge in [-0.15, -0.1) is 0 Å². The number of halogens is 3. The van der Waals surface area contributed by atoms with Crippen LogP contribution in [0, 0.1) is 0 Å². The Balaban J connectivity index is 2.90. The summed E-state index contributed by atoms with van der Waals surface area (Å²) in [5, 5.41) is 5.86. The van der Waals surface area contributed by atoms with Crippen LogP contribution in [-0.2, 0) is 6.18 Å². The molecule has 1 unspecified atom stereocenters. The number of nitrogens with zero attached hydrogens (tertiary/aromatic N) is 2. The molecule has 8 heteroatoms. The van der Waals surface area contributed by atoms with Gasteiger partial charge in [0, 0.05) is 24.4 Å². The lowest BCUT2D eigenvalue weighted by Crippen LogP contribution is -2.21. The zero-order valence-corrected chi connectivity index (χ0v) is 13.2. The van der Waals surface area contributed by atoms with Gasteiger partial charge in [-0.3, -0.25) is 0 Å². The minimum Gasteiger partial charge on any atom is -0.370 e. The number of nitrogens with one attached hydrogen (secondary N) is 2. The third kappa shape index (κ3) is 6.41. The molecule has 0 fully saturated rings. The summed E-state index contributed by atoms with van der Waals surface area (Å²) in [6.45, 7) is 6.45. The fourth-order valence-corrected chi connectivity index (χ4v) is 2.25. The molecule has 1 aromatic rings. The molecule has 0 bridgehead atoms. The highest BCUT2D eigenvalue weighted by Gasteiger charge is 2.35. The van der Waals surface area contributed by atoms with E-state index in [1.54, 1.807) is 11.8 Å². The largest absolute Gasteiger partial charge is 0.451 e. The van der Waals surface area contributed by atoms with Gasteiger partial charge in [-0.2, -0.15) is 24.9 Å². The van der Waals surface area contributed by atoms with Crippen molar-refractivity contribution >= 4 is 23.4 Å². The van der Waals surface area contributed by atoms with Crippen LogP contribution in [-0.4, -0.2) is 34.1 Å². The van der Waals surface area contributed by atoms with E-state index in [2.05, 4.69) is 20.6 Å². The van der Waals surface area contributed by atoms with Crippen LogP contribution in [0.5, 0.6) is 0 Å². The number of anilines is 2. The maximum absolute atomic E-state index is 12.8. The van der Waals surface area contributed by atoms with Crippen molar-refractivity contribution in [3.8, 4) is 0 Å². The number of thioether (sulfide) groups is 1. The molecule has 0 saturated heterocycles. The van der Waals surface area contributed by atoms with Crippen molar-refractivity contribution < 1.29 is 13.2 Å². The van der Waals surface area contributed by atoms with Gasteiger partial charge in [0.05, 0.1) is 0 Å². The van der Waals surface area contributed by atoms with Crippen molar-refractivity contribution in [3.05, 3.63) is 11.9 Å². The highest BCUT2D eigenvalue weighted by Crippen LogP contribution is 2.28. The molecule has 1 rings (SSSR count). The van der Waals surface area contributed by atoms with Gasteiger partial charge in [0.25, 0.3) is 0 Å². The molecule has 1 atom stereocenters. The molecule has 0 spiro atoms. The van der Waals surface area contributed by atoms with Crippen molar-refractivity contribution in [2.45, 2.75) is 39.4 Å². The summed E-state index contributed by atoms with van der Waals surface area (Å²) < 4.78 is 38.5. The van der Waals surface area contributed by atoms with Crippen molar-refractivity contribution in [1.82, 2.24) is 9.97 Å². The second-order valence-electron chi connectivity index (χ2n) is 4.59. The number of alkyl halides is 3. The van der Waals surface area contributed by atoms with Gasteiger partial charge < -0.3 is 10.6 Å². The van der Waals surface area contributed by atoms with Crippen molar-refractivity contribution in [2.24, 2.45) is 0 Å². The zero-order valence-electron chi connectivity index (χ0n) is 12.4. The van der Waals surface area contributed by atoms with Gasteiger partial charge >= 0.3 is 6.18 Å². The Morgan fingerprint density at radius 3 is 2.48 bits per heavy atom. The summed E-state index contributed by atoms with van der Waals surface area (Å²) in [4.78, 5) is 7.08. The number of rotatable bonds is 8. The second kappa shape index (κ2) is 8.31. The highest BCUT2D eigenvalue weighted by molar-refractivity contribution is 7.99. The zero-order chi connectivity index (χ0) is 15.9. The monoisotopic (exact) mass is 322 g/mol. The molecule has 21 heavy (non-hydrogen) atoms.